The molecular weight excluding hydrogens is 273 g/mol. The third kappa shape index (κ3) is 3.17. The molecule has 4 nitrogen and oxygen atoms in total. The van der Waals surface area contributed by atoms with Gasteiger partial charge in [-0.25, -0.2) is 4.79 Å². The Bertz CT molecular complexity index is 641. The first-order chi connectivity index (χ1) is 9.38. The Hall–Kier alpha value is -2.31. The molecule has 0 aliphatic carbocycles. The summed E-state index contributed by atoms with van der Waals surface area (Å²) in [4.78, 5) is 15.1. The molecule has 0 aliphatic heterocycles. The van der Waals surface area contributed by atoms with Crippen molar-refractivity contribution in [2.75, 3.05) is 11.9 Å². The first kappa shape index (κ1) is 14.1. The maximum absolute atomic E-state index is 12.2. The van der Waals surface area contributed by atoms with E-state index in [1.54, 1.807) is 24.3 Å². The van der Waals surface area contributed by atoms with Gasteiger partial charge in [0.1, 0.15) is 5.56 Å². The summed E-state index contributed by atoms with van der Waals surface area (Å²) in [7, 11) is 0. The molecule has 20 heavy (non-hydrogen) atoms. The van der Waals surface area contributed by atoms with E-state index in [4.69, 9.17) is 5.11 Å². The summed E-state index contributed by atoms with van der Waals surface area (Å²) in [6.45, 7) is -0.391. The highest BCUT2D eigenvalue weighted by Crippen LogP contribution is 2.27. The van der Waals surface area contributed by atoms with Crippen LogP contribution in [0.3, 0.4) is 0 Å². The van der Waals surface area contributed by atoms with Crippen molar-refractivity contribution in [3.05, 3.63) is 36.0 Å². The van der Waals surface area contributed by atoms with Crippen LogP contribution in [0.1, 0.15) is 16.8 Å². The smallest absolute Gasteiger partial charge is 0.390 e. The van der Waals surface area contributed by atoms with Gasteiger partial charge in [-0.05, 0) is 6.07 Å². The van der Waals surface area contributed by atoms with E-state index in [-0.39, 0.29) is 11.3 Å². The molecule has 0 fully saturated rings. The summed E-state index contributed by atoms with van der Waals surface area (Å²) in [5.41, 5.74) is 0.533. The first-order valence-corrected chi connectivity index (χ1v) is 5.80. The lowest BCUT2D eigenvalue weighted by atomic mass is 10.1. The fourth-order valence-corrected chi connectivity index (χ4v) is 1.82. The molecule has 1 aromatic heterocycles. The SMILES string of the molecule is O=C(O)c1cnc2ccccc2c1NCCC(F)(F)F. The minimum absolute atomic E-state index is 0.147. The van der Waals surface area contributed by atoms with Crippen LogP contribution < -0.4 is 5.32 Å². The Morgan fingerprint density at radius 2 is 2.00 bits per heavy atom. The number of pyridine rings is 1. The lowest BCUT2D eigenvalue weighted by Gasteiger charge is -2.13. The molecule has 0 atom stereocenters. The zero-order valence-electron chi connectivity index (χ0n) is 10.2. The van der Waals surface area contributed by atoms with E-state index in [1.807, 2.05) is 0 Å². The van der Waals surface area contributed by atoms with Gasteiger partial charge in [0.2, 0.25) is 0 Å². The number of carboxylic acids is 1. The van der Waals surface area contributed by atoms with E-state index in [9.17, 15) is 18.0 Å². The van der Waals surface area contributed by atoms with Crippen LogP contribution in [-0.2, 0) is 0 Å². The number of benzene rings is 1. The average Bonchev–Trinajstić information content (AvgIpc) is 2.37. The van der Waals surface area contributed by atoms with Gasteiger partial charge in [-0.2, -0.15) is 13.2 Å². The number of aromatic nitrogens is 1. The van der Waals surface area contributed by atoms with Crippen LogP contribution in [0.2, 0.25) is 0 Å². The van der Waals surface area contributed by atoms with Crippen LogP contribution in [0.15, 0.2) is 30.5 Å². The molecule has 1 aromatic carbocycles. The van der Waals surface area contributed by atoms with E-state index >= 15 is 0 Å². The summed E-state index contributed by atoms with van der Waals surface area (Å²) in [6, 6.07) is 6.67. The van der Waals surface area contributed by atoms with E-state index in [1.165, 1.54) is 0 Å². The summed E-state index contributed by atoms with van der Waals surface area (Å²) in [5.74, 6) is -1.24. The predicted octanol–water partition coefficient (Wildman–Crippen LogP) is 3.30. The number of halogens is 3. The zero-order valence-corrected chi connectivity index (χ0v) is 10.2. The highest BCUT2D eigenvalue weighted by Gasteiger charge is 2.26. The van der Waals surface area contributed by atoms with E-state index in [0.717, 1.165) is 6.20 Å². The fourth-order valence-electron chi connectivity index (χ4n) is 1.82. The molecule has 2 rings (SSSR count). The van der Waals surface area contributed by atoms with Crippen molar-refractivity contribution in [1.82, 2.24) is 4.98 Å². The van der Waals surface area contributed by atoms with Crippen LogP contribution in [0.5, 0.6) is 0 Å². The molecule has 7 heteroatoms. The largest absolute Gasteiger partial charge is 0.478 e. The predicted molar refractivity (Wildman–Crippen MR) is 67.9 cm³/mol. The molecule has 0 spiro atoms. The first-order valence-electron chi connectivity index (χ1n) is 5.80. The van der Waals surface area contributed by atoms with E-state index < -0.39 is 25.1 Å². The number of hydrogen-bond donors (Lipinski definition) is 2. The van der Waals surface area contributed by atoms with Crippen molar-refractivity contribution >= 4 is 22.6 Å². The normalized spacial score (nSPS) is 11.6. The standard InChI is InChI=1S/C13H11F3N2O2/c14-13(15,16)5-6-17-11-8-3-1-2-4-10(8)18-7-9(11)12(19)20/h1-4,7H,5-6H2,(H,17,18)(H,19,20). The molecule has 0 amide bonds. The van der Waals surface area contributed by atoms with E-state index in [0.29, 0.717) is 10.9 Å². The average molecular weight is 284 g/mol. The van der Waals surface area contributed by atoms with Gasteiger partial charge in [0.25, 0.3) is 0 Å². The summed E-state index contributed by atoms with van der Waals surface area (Å²) >= 11 is 0. The van der Waals surface area contributed by atoms with E-state index in [2.05, 4.69) is 10.3 Å². The van der Waals surface area contributed by atoms with Crippen molar-refractivity contribution in [1.29, 1.82) is 0 Å². The summed E-state index contributed by atoms with van der Waals surface area (Å²) in [5, 5.41) is 12.1. The number of hydrogen-bond acceptors (Lipinski definition) is 3. The lowest BCUT2D eigenvalue weighted by Crippen LogP contribution is -2.16. The second kappa shape index (κ2) is 5.36. The van der Waals surface area contributed by atoms with Gasteiger partial charge in [0, 0.05) is 18.1 Å². The number of carbonyl (C=O) groups is 1. The molecule has 0 bridgehead atoms. The van der Waals surface area contributed by atoms with Gasteiger partial charge in [-0.15, -0.1) is 0 Å². The van der Waals surface area contributed by atoms with Gasteiger partial charge in [0.15, 0.2) is 0 Å². The maximum atomic E-state index is 12.2. The van der Waals surface area contributed by atoms with Crippen molar-refractivity contribution < 1.29 is 23.1 Å². The molecule has 1 heterocycles. The maximum Gasteiger partial charge on any atom is 0.390 e. The Balaban J connectivity index is 2.37. The number of rotatable bonds is 4. The molecule has 2 N–H and O–H groups in total. The Morgan fingerprint density at radius 1 is 1.30 bits per heavy atom. The second-order valence-electron chi connectivity index (χ2n) is 4.16. The molecular formula is C13H11F3N2O2. The molecule has 2 aromatic rings. The number of nitrogens with one attached hydrogen (secondary N) is 1. The zero-order chi connectivity index (χ0) is 14.8. The van der Waals surface area contributed by atoms with Gasteiger partial charge in [-0.3, -0.25) is 4.98 Å². The molecule has 0 radical (unpaired) electrons. The summed E-state index contributed by atoms with van der Waals surface area (Å²) in [6.07, 6.45) is -4.19. The number of para-hydroxylation sites is 1. The minimum atomic E-state index is -4.29. The van der Waals surface area contributed by atoms with Gasteiger partial charge in [0.05, 0.1) is 17.6 Å². The third-order valence-corrected chi connectivity index (χ3v) is 2.72. The quantitative estimate of drug-likeness (QED) is 0.904. The Morgan fingerprint density at radius 3 is 2.65 bits per heavy atom. The highest BCUT2D eigenvalue weighted by atomic mass is 19.4. The molecule has 0 unspecified atom stereocenters. The second-order valence-corrected chi connectivity index (χ2v) is 4.16. The third-order valence-electron chi connectivity index (χ3n) is 2.72. The molecule has 106 valence electrons. The number of fused-ring (bicyclic) bond motifs is 1. The lowest BCUT2D eigenvalue weighted by molar-refractivity contribution is -0.131. The molecule has 0 aliphatic rings. The Kier molecular flexibility index (Phi) is 3.78. The molecule has 0 saturated heterocycles. The number of nitrogens with zero attached hydrogens (tertiary/aromatic N) is 1. The summed E-state index contributed by atoms with van der Waals surface area (Å²) < 4.78 is 36.5. The van der Waals surface area contributed by atoms with Gasteiger partial charge in [-0.1, -0.05) is 18.2 Å². The van der Waals surface area contributed by atoms with Gasteiger partial charge < -0.3 is 10.4 Å². The number of carboxylic acid groups (broad SMARTS) is 1. The van der Waals surface area contributed by atoms with Crippen LogP contribution in [0.25, 0.3) is 10.9 Å². The van der Waals surface area contributed by atoms with Crippen LogP contribution in [0, 0.1) is 0 Å². The van der Waals surface area contributed by atoms with Gasteiger partial charge >= 0.3 is 12.1 Å². The van der Waals surface area contributed by atoms with Crippen molar-refractivity contribution in [3.63, 3.8) is 0 Å². The number of aromatic carboxylic acids is 1. The number of anilines is 1. The van der Waals surface area contributed by atoms with Crippen LogP contribution >= 0.6 is 0 Å². The van der Waals surface area contributed by atoms with Crippen LogP contribution in [-0.4, -0.2) is 28.8 Å². The monoisotopic (exact) mass is 284 g/mol. The minimum Gasteiger partial charge on any atom is -0.478 e. The molecule has 0 saturated carbocycles. The van der Waals surface area contributed by atoms with Crippen molar-refractivity contribution in [2.24, 2.45) is 0 Å². The Labute approximate surface area is 112 Å². The topological polar surface area (TPSA) is 62.2 Å². The van der Waals surface area contributed by atoms with Crippen molar-refractivity contribution in [3.8, 4) is 0 Å². The fraction of sp³-hybridized carbons (Fsp3) is 0.231. The number of alkyl halides is 3. The van der Waals surface area contributed by atoms with Crippen LogP contribution in [0.4, 0.5) is 18.9 Å². The highest BCUT2D eigenvalue weighted by molar-refractivity contribution is 6.04. The van der Waals surface area contributed by atoms with Crippen molar-refractivity contribution in [2.45, 2.75) is 12.6 Å².